The lowest BCUT2D eigenvalue weighted by atomic mass is 9.64. The Morgan fingerprint density at radius 3 is 2.85 bits per heavy atom. The number of carbonyl (C=O) groups is 2. The second-order valence-electron chi connectivity index (χ2n) is 7.71. The molecule has 4 rings (SSSR count). The molecule has 0 saturated heterocycles. The van der Waals surface area contributed by atoms with Gasteiger partial charge in [-0.25, -0.2) is 9.48 Å². The van der Waals surface area contributed by atoms with Crippen LogP contribution < -0.4 is 21.7 Å². The normalized spacial score (nSPS) is 15.1. The number of H-pyrrole nitrogens is 1. The van der Waals surface area contributed by atoms with Crippen molar-refractivity contribution >= 4 is 30.6 Å². The zero-order chi connectivity index (χ0) is 23.7. The number of benzene rings is 1. The monoisotopic (exact) mass is 453 g/mol. The lowest BCUT2D eigenvalue weighted by Crippen LogP contribution is -2.36. The fourth-order valence-corrected chi connectivity index (χ4v) is 3.75. The molecule has 1 atom stereocenters. The molecular weight excluding hydrogens is 433 g/mol. The number of fused-ring (bicyclic) bond motifs is 1. The number of carboxylic acid groups (broad SMARTS) is 1. The van der Waals surface area contributed by atoms with E-state index in [4.69, 9.17) is 16.1 Å². The Morgan fingerprint density at radius 2 is 2.12 bits per heavy atom. The van der Waals surface area contributed by atoms with Gasteiger partial charge in [0.05, 0.1) is 16.8 Å². The van der Waals surface area contributed by atoms with Crippen molar-refractivity contribution in [3.63, 3.8) is 0 Å². The number of nitrogens with one attached hydrogen (secondary N) is 1. The number of ketones is 1. The predicted molar refractivity (Wildman–Crippen MR) is 116 cm³/mol. The third-order valence-corrected chi connectivity index (χ3v) is 5.29. The minimum atomic E-state index is -1.32. The van der Waals surface area contributed by atoms with E-state index in [1.165, 1.54) is 16.9 Å². The van der Waals surface area contributed by atoms with Crippen LogP contribution in [0, 0.1) is 0 Å². The van der Waals surface area contributed by atoms with Gasteiger partial charge in [-0.3, -0.25) is 14.6 Å². The van der Waals surface area contributed by atoms with Gasteiger partial charge in [-0.1, -0.05) is 17.3 Å². The SMILES string of the molecule is Nc1nc(N)c(Cc2cn(CC(=O)C[C@H]3Cc4cccc(C(=O)O)c4OB3O)nn2)c(=O)[nH]1. The van der Waals surface area contributed by atoms with Crippen molar-refractivity contribution in [3.05, 3.63) is 57.1 Å². The maximum absolute atomic E-state index is 12.6. The topological polar surface area (TPSA) is 212 Å². The Kier molecular flexibility index (Phi) is 5.83. The maximum Gasteiger partial charge on any atom is 0.526 e. The van der Waals surface area contributed by atoms with E-state index >= 15 is 0 Å². The highest BCUT2D eigenvalue weighted by molar-refractivity contribution is 6.47. The summed E-state index contributed by atoms with van der Waals surface area (Å²) in [5.74, 6) is -1.92. The second-order valence-corrected chi connectivity index (χ2v) is 7.71. The van der Waals surface area contributed by atoms with E-state index in [0.717, 1.165) is 0 Å². The molecule has 0 saturated carbocycles. The number of hydrogen-bond donors (Lipinski definition) is 5. The number of rotatable bonds is 7. The van der Waals surface area contributed by atoms with Crippen LogP contribution >= 0.6 is 0 Å². The van der Waals surface area contributed by atoms with E-state index in [9.17, 15) is 24.5 Å². The van der Waals surface area contributed by atoms with Crippen molar-refractivity contribution in [2.75, 3.05) is 11.5 Å². The first-order valence-electron chi connectivity index (χ1n) is 9.96. The van der Waals surface area contributed by atoms with E-state index in [2.05, 4.69) is 20.3 Å². The van der Waals surface area contributed by atoms with E-state index in [0.29, 0.717) is 11.3 Å². The zero-order valence-corrected chi connectivity index (χ0v) is 17.3. The fourth-order valence-electron chi connectivity index (χ4n) is 3.75. The predicted octanol–water partition coefficient (Wildman–Crippen LogP) is -0.740. The van der Waals surface area contributed by atoms with Gasteiger partial charge in [-0.05, 0) is 18.1 Å². The summed E-state index contributed by atoms with van der Waals surface area (Å²) in [6, 6.07) is 4.69. The van der Waals surface area contributed by atoms with Crippen LogP contribution in [0.4, 0.5) is 11.8 Å². The number of carboxylic acids is 1. The van der Waals surface area contributed by atoms with Gasteiger partial charge in [-0.15, -0.1) is 5.10 Å². The highest BCUT2D eigenvalue weighted by Crippen LogP contribution is 2.36. The van der Waals surface area contributed by atoms with Crippen molar-refractivity contribution in [1.29, 1.82) is 0 Å². The summed E-state index contributed by atoms with van der Waals surface area (Å²) < 4.78 is 6.74. The van der Waals surface area contributed by atoms with Gasteiger partial charge in [-0.2, -0.15) is 4.98 Å². The van der Waals surface area contributed by atoms with Gasteiger partial charge in [0, 0.05) is 24.9 Å². The van der Waals surface area contributed by atoms with Crippen molar-refractivity contribution < 1.29 is 24.4 Å². The Hall–Kier alpha value is -4.20. The van der Waals surface area contributed by atoms with Crippen molar-refractivity contribution in [3.8, 4) is 5.75 Å². The number of Topliss-reactive ketones (excluding diaryl/α,β-unsaturated/α-hetero) is 1. The number of aromatic nitrogens is 5. The van der Waals surface area contributed by atoms with Crippen LogP contribution in [0.3, 0.4) is 0 Å². The average Bonchev–Trinajstić information content (AvgIpc) is 3.17. The first-order chi connectivity index (χ1) is 15.7. The molecule has 0 unspecified atom stereocenters. The minimum Gasteiger partial charge on any atom is -0.535 e. The first-order valence-corrected chi connectivity index (χ1v) is 9.96. The molecule has 3 heterocycles. The molecule has 1 aliphatic heterocycles. The molecule has 0 fully saturated rings. The molecule has 1 aliphatic rings. The summed E-state index contributed by atoms with van der Waals surface area (Å²) in [7, 11) is -1.32. The minimum absolute atomic E-state index is 0.0123. The molecule has 7 N–H and O–H groups in total. The maximum atomic E-state index is 12.6. The smallest absolute Gasteiger partial charge is 0.526 e. The van der Waals surface area contributed by atoms with Gasteiger partial charge in [0.2, 0.25) is 5.95 Å². The highest BCUT2D eigenvalue weighted by Gasteiger charge is 2.37. The van der Waals surface area contributed by atoms with E-state index in [1.807, 2.05) is 0 Å². The standard InChI is InChI=1S/C19H20BN7O6/c21-16-14(17(29)24-19(22)23-16)6-11-7-27(26-25-11)8-12(28)5-10-4-9-2-1-3-13(18(30)31)15(9)33-20(10)32/h1-3,7,10,32H,4-6,8H2,(H,30,31)(H5,21,22,23,24,29)/t10-/m1/s1. The molecular formula is C19H20BN7O6. The summed E-state index contributed by atoms with van der Waals surface area (Å²) in [6.07, 6.45) is 1.84. The van der Waals surface area contributed by atoms with Gasteiger partial charge in [0.15, 0.2) is 5.78 Å². The molecule has 1 aromatic carbocycles. The molecule has 3 aromatic rings. The third kappa shape index (κ3) is 4.69. The van der Waals surface area contributed by atoms with Gasteiger partial charge in [0.1, 0.15) is 18.1 Å². The van der Waals surface area contributed by atoms with Gasteiger partial charge >= 0.3 is 13.1 Å². The second kappa shape index (κ2) is 8.74. The van der Waals surface area contributed by atoms with Crippen molar-refractivity contribution in [2.24, 2.45) is 0 Å². The Morgan fingerprint density at radius 1 is 1.33 bits per heavy atom. The fraction of sp³-hybridized carbons (Fsp3) is 0.263. The van der Waals surface area contributed by atoms with Crippen LogP contribution in [0.5, 0.6) is 5.75 Å². The number of aromatic amines is 1. The molecule has 0 amide bonds. The van der Waals surface area contributed by atoms with Crippen LogP contribution in [0.15, 0.2) is 29.2 Å². The average molecular weight is 453 g/mol. The molecule has 0 aliphatic carbocycles. The summed E-state index contributed by atoms with van der Waals surface area (Å²) in [4.78, 5) is 42.1. The van der Waals surface area contributed by atoms with E-state index < -0.39 is 24.5 Å². The van der Waals surface area contributed by atoms with Crippen LogP contribution in [0.25, 0.3) is 0 Å². The molecule has 2 aromatic heterocycles. The Labute approximate surface area is 186 Å². The summed E-state index contributed by atoms with van der Waals surface area (Å²) in [5.41, 5.74) is 11.9. The van der Waals surface area contributed by atoms with Crippen LogP contribution in [-0.2, 0) is 24.2 Å². The zero-order valence-electron chi connectivity index (χ0n) is 17.3. The molecule has 14 heteroatoms. The van der Waals surface area contributed by atoms with Crippen molar-refractivity contribution in [2.45, 2.75) is 31.6 Å². The number of carbonyl (C=O) groups excluding carboxylic acids is 1. The summed E-state index contributed by atoms with van der Waals surface area (Å²) in [6.45, 7) is -0.107. The summed E-state index contributed by atoms with van der Waals surface area (Å²) >= 11 is 0. The quantitative estimate of drug-likeness (QED) is 0.281. The largest absolute Gasteiger partial charge is 0.535 e. The molecule has 0 bridgehead atoms. The van der Waals surface area contributed by atoms with Crippen LogP contribution in [-0.4, -0.2) is 54.0 Å². The molecule has 33 heavy (non-hydrogen) atoms. The Balaban J connectivity index is 1.40. The Bertz CT molecular complexity index is 1290. The number of anilines is 2. The van der Waals surface area contributed by atoms with Gasteiger partial charge in [0.25, 0.3) is 5.56 Å². The van der Waals surface area contributed by atoms with Crippen LogP contribution in [0.1, 0.15) is 33.6 Å². The lowest BCUT2D eigenvalue weighted by Gasteiger charge is -2.27. The molecule has 0 spiro atoms. The first kappa shape index (κ1) is 22.0. The van der Waals surface area contributed by atoms with E-state index in [-0.39, 0.29) is 60.2 Å². The molecule has 0 radical (unpaired) electrons. The molecule has 13 nitrogen and oxygen atoms in total. The number of hydrogen-bond acceptors (Lipinski definition) is 10. The number of nitrogens with two attached hydrogens (primary N) is 2. The van der Waals surface area contributed by atoms with Crippen LogP contribution in [0.2, 0.25) is 5.82 Å². The number of aromatic carboxylic acids is 1. The van der Waals surface area contributed by atoms with Crippen molar-refractivity contribution in [1.82, 2.24) is 25.0 Å². The number of nitrogen functional groups attached to an aromatic ring is 2. The van der Waals surface area contributed by atoms with E-state index in [1.54, 1.807) is 12.1 Å². The summed E-state index contributed by atoms with van der Waals surface area (Å²) in [5, 5.41) is 27.4. The number of para-hydroxylation sites is 1. The third-order valence-electron chi connectivity index (χ3n) is 5.29. The van der Waals surface area contributed by atoms with Gasteiger partial charge < -0.3 is 26.3 Å². The highest BCUT2D eigenvalue weighted by atomic mass is 16.5. The lowest BCUT2D eigenvalue weighted by molar-refractivity contribution is -0.120. The molecule has 170 valence electrons. The number of nitrogens with zero attached hydrogens (tertiary/aromatic N) is 4.